The van der Waals surface area contributed by atoms with Gasteiger partial charge in [0.05, 0.1) is 5.02 Å². The van der Waals surface area contributed by atoms with Gasteiger partial charge in [0.1, 0.15) is 17.8 Å². The van der Waals surface area contributed by atoms with Crippen LogP contribution in [0.3, 0.4) is 0 Å². The maximum Gasteiger partial charge on any atom is 0.150 e. The van der Waals surface area contributed by atoms with E-state index in [1.165, 1.54) is 11.0 Å². The lowest BCUT2D eigenvalue weighted by Gasteiger charge is -2.02. The van der Waals surface area contributed by atoms with Crippen LogP contribution in [0.25, 0.3) is 11.3 Å². The molecule has 0 spiro atoms. The molecule has 0 aliphatic carbocycles. The molecule has 0 atom stereocenters. The summed E-state index contributed by atoms with van der Waals surface area (Å²) in [4.78, 5) is 4.10. The lowest BCUT2D eigenvalue weighted by atomic mass is 10.1. The van der Waals surface area contributed by atoms with E-state index in [4.69, 9.17) is 23.2 Å². The fourth-order valence-corrected chi connectivity index (χ4v) is 1.66. The number of nitrogen functional groups attached to an aromatic ring is 2. The van der Waals surface area contributed by atoms with Gasteiger partial charge in [0, 0.05) is 10.0 Å². The van der Waals surface area contributed by atoms with Gasteiger partial charge in [0.2, 0.25) is 0 Å². The summed E-state index contributed by atoms with van der Waals surface area (Å²) >= 11 is 9.28. The maximum atomic E-state index is 5.97. The molecule has 1 aromatic heterocycles. The zero-order valence-corrected chi connectivity index (χ0v) is 9.96. The van der Waals surface area contributed by atoms with Crippen LogP contribution >= 0.6 is 27.5 Å². The van der Waals surface area contributed by atoms with Gasteiger partial charge >= 0.3 is 0 Å². The van der Waals surface area contributed by atoms with E-state index < -0.39 is 0 Å². The topological polar surface area (TPSA) is 69.9 Å². The molecule has 2 aromatic rings. The first-order valence-electron chi connectivity index (χ1n) is 4.13. The van der Waals surface area contributed by atoms with Crippen LogP contribution in [0.1, 0.15) is 0 Å². The van der Waals surface area contributed by atoms with Crippen LogP contribution in [0.4, 0.5) is 5.82 Å². The molecule has 4 nitrogen and oxygen atoms in total. The summed E-state index contributed by atoms with van der Waals surface area (Å²) in [7, 11) is 0. The van der Waals surface area contributed by atoms with Gasteiger partial charge in [-0.15, -0.1) is 0 Å². The Morgan fingerprint density at radius 2 is 2.13 bits per heavy atom. The number of halogens is 2. The van der Waals surface area contributed by atoms with Crippen LogP contribution in [0, 0.1) is 0 Å². The van der Waals surface area contributed by atoms with Crippen LogP contribution in [-0.2, 0) is 0 Å². The first-order valence-corrected chi connectivity index (χ1v) is 5.30. The molecule has 0 bridgehead atoms. The first-order chi connectivity index (χ1) is 7.09. The predicted octanol–water partition coefficient (Wildman–Crippen LogP) is 2.26. The Morgan fingerprint density at radius 1 is 1.40 bits per heavy atom. The van der Waals surface area contributed by atoms with Gasteiger partial charge in [-0.2, -0.15) is 0 Å². The molecule has 0 saturated heterocycles. The van der Waals surface area contributed by atoms with Crippen molar-refractivity contribution in [3.05, 3.63) is 34.0 Å². The van der Waals surface area contributed by atoms with E-state index in [0.29, 0.717) is 16.5 Å². The monoisotopic (exact) mass is 286 g/mol. The Morgan fingerprint density at radius 3 is 2.67 bits per heavy atom. The molecule has 0 aliphatic heterocycles. The zero-order chi connectivity index (χ0) is 11.0. The van der Waals surface area contributed by atoms with E-state index in [1.54, 1.807) is 6.07 Å². The summed E-state index contributed by atoms with van der Waals surface area (Å²) in [5, 5.41) is 0.610. The average molecular weight is 288 g/mol. The van der Waals surface area contributed by atoms with Gasteiger partial charge in [-0.25, -0.2) is 9.66 Å². The van der Waals surface area contributed by atoms with E-state index in [-0.39, 0.29) is 0 Å². The Bertz CT molecular complexity index is 509. The molecule has 15 heavy (non-hydrogen) atoms. The molecule has 0 fully saturated rings. The third-order valence-electron chi connectivity index (χ3n) is 2.03. The van der Waals surface area contributed by atoms with Crippen molar-refractivity contribution in [2.45, 2.75) is 0 Å². The summed E-state index contributed by atoms with van der Waals surface area (Å²) in [6, 6.07) is 5.49. The third-order valence-corrected chi connectivity index (χ3v) is 3.26. The second kappa shape index (κ2) is 3.75. The van der Waals surface area contributed by atoms with Crippen LogP contribution in [0.15, 0.2) is 29.0 Å². The van der Waals surface area contributed by atoms with Gasteiger partial charge in [-0.1, -0.05) is 17.7 Å². The molecule has 6 heteroatoms. The Balaban J connectivity index is 2.55. The highest BCUT2D eigenvalue weighted by Crippen LogP contribution is 2.30. The van der Waals surface area contributed by atoms with Crippen molar-refractivity contribution in [1.82, 2.24) is 9.66 Å². The van der Waals surface area contributed by atoms with E-state index >= 15 is 0 Å². The minimum Gasteiger partial charge on any atom is -0.382 e. The van der Waals surface area contributed by atoms with Crippen LogP contribution in [0.5, 0.6) is 0 Å². The molecule has 0 aliphatic rings. The third kappa shape index (κ3) is 1.80. The van der Waals surface area contributed by atoms with Crippen molar-refractivity contribution < 1.29 is 0 Å². The molecule has 2 rings (SSSR count). The molecule has 0 saturated carbocycles. The molecule has 4 N–H and O–H groups in total. The fraction of sp³-hybridized carbons (Fsp3) is 0. The summed E-state index contributed by atoms with van der Waals surface area (Å²) in [6.07, 6.45) is 1.46. The number of hydrogen-bond acceptors (Lipinski definition) is 3. The Labute approximate surface area is 99.9 Å². The smallest absolute Gasteiger partial charge is 0.150 e. The van der Waals surface area contributed by atoms with E-state index in [1.807, 2.05) is 12.1 Å². The second-order valence-corrected chi connectivity index (χ2v) is 4.28. The quantitative estimate of drug-likeness (QED) is 0.790. The number of nitrogens with two attached hydrogens (primary N) is 2. The molecule has 78 valence electrons. The SMILES string of the molecule is Nc1c(-c2ccc(Br)c(Cl)c2)ncn1N. The highest BCUT2D eigenvalue weighted by atomic mass is 79.9. The molecule has 1 heterocycles. The number of rotatable bonds is 1. The highest BCUT2D eigenvalue weighted by molar-refractivity contribution is 9.10. The van der Waals surface area contributed by atoms with Crippen molar-refractivity contribution in [2.75, 3.05) is 11.6 Å². The number of hydrogen-bond donors (Lipinski definition) is 2. The minimum atomic E-state index is 0.411. The largest absolute Gasteiger partial charge is 0.382 e. The fourth-order valence-electron chi connectivity index (χ4n) is 1.24. The predicted molar refractivity (Wildman–Crippen MR) is 64.9 cm³/mol. The summed E-state index contributed by atoms with van der Waals surface area (Å²) in [5.74, 6) is 5.94. The number of benzene rings is 1. The van der Waals surface area contributed by atoms with Crippen molar-refractivity contribution in [1.29, 1.82) is 0 Å². The summed E-state index contributed by atoms with van der Waals surface area (Å²) in [5.41, 5.74) is 7.21. The molecular formula is C9H8BrClN4. The number of aromatic nitrogens is 2. The molecular weight excluding hydrogens is 279 g/mol. The molecule has 0 amide bonds. The van der Waals surface area contributed by atoms with Gasteiger partial charge in [0.15, 0.2) is 0 Å². The van der Waals surface area contributed by atoms with Crippen LogP contribution < -0.4 is 11.6 Å². The second-order valence-electron chi connectivity index (χ2n) is 3.01. The Hall–Kier alpha value is -1.20. The highest BCUT2D eigenvalue weighted by Gasteiger charge is 2.09. The van der Waals surface area contributed by atoms with Gasteiger partial charge in [-0.05, 0) is 28.1 Å². The number of anilines is 1. The maximum absolute atomic E-state index is 5.97. The normalized spacial score (nSPS) is 10.5. The lowest BCUT2D eigenvalue weighted by molar-refractivity contribution is 1.01. The zero-order valence-electron chi connectivity index (χ0n) is 7.61. The average Bonchev–Trinajstić information content (AvgIpc) is 2.53. The lowest BCUT2D eigenvalue weighted by Crippen LogP contribution is -2.09. The van der Waals surface area contributed by atoms with Crippen molar-refractivity contribution in [3.8, 4) is 11.3 Å². The number of nitrogens with zero attached hydrogens (tertiary/aromatic N) is 2. The molecule has 0 radical (unpaired) electrons. The van der Waals surface area contributed by atoms with Gasteiger partial charge < -0.3 is 11.6 Å². The van der Waals surface area contributed by atoms with Gasteiger partial charge in [-0.3, -0.25) is 0 Å². The van der Waals surface area contributed by atoms with Crippen molar-refractivity contribution in [2.24, 2.45) is 0 Å². The van der Waals surface area contributed by atoms with Gasteiger partial charge in [0.25, 0.3) is 0 Å². The summed E-state index contributed by atoms with van der Waals surface area (Å²) in [6.45, 7) is 0. The van der Waals surface area contributed by atoms with E-state index in [9.17, 15) is 0 Å². The van der Waals surface area contributed by atoms with Crippen molar-refractivity contribution in [3.63, 3.8) is 0 Å². The van der Waals surface area contributed by atoms with Crippen LogP contribution in [-0.4, -0.2) is 9.66 Å². The Kier molecular flexibility index (Phi) is 2.58. The van der Waals surface area contributed by atoms with Crippen LogP contribution in [0.2, 0.25) is 5.02 Å². The molecule has 0 unspecified atom stereocenters. The first kappa shape index (κ1) is 10.3. The summed E-state index contributed by atoms with van der Waals surface area (Å²) < 4.78 is 2.10. The molecule has 1 aromatic carbocycles. The van der Waals surface area contributed by atoms with E-state index in [2.05, 4.69) is 20.9 Å². The standard InChI is InChI=1S/C9H8BrClN4/c10-6-2-1-5(3-7(6)11)8-9(12)15(13)4-14-8/h1-4H,12-13H2. The van der Waals surface area contributed by atoms with Crippen molar-refractivity contribution >= 4 is 33.3 Å². The van der Waals surface area contributed by atoms with E-state index in [0.717, 1.165) is 10.0 Å². The number of imidazole rings is 1. The minimum absolute atomic E-state index is 0.411.